The number of benzene rings is 10. The number of hydrogen-bond donors (Lipinski definition) is 0. The molecule has 58 heavy (non-hydrogen) atoms. The molecule has 13 rings (SSSR count). The molecule has 0 bridgehead atoms. The number of nitrogens with zero attached hydrogens (tertiary/aromatic N) is 2. The van der Waals surface area contributed by atoms with E-state index < -0.39 is 0 Å². The molecular weight excluding hydrogens is 709 g/mol. The van der Waals surface area contributed by atoms with Crippen LogP contribution >= 0.6 is 0 Å². The normalized spacial score (nSPS) is 12.1. The molecule has 0 aliphatic rings. The van der Waals surface area contributed by atoms with Gasteiger partial charge in [0.25, 0.3) is 0 Å². The molecular formula is C54H30N2O2. The third kappa shape index (κ3) is 4.45. The lowest BCUT2D eigenvalue weighted by molar-refractivity contribution is 0.672. The van der Waals surface area contributed by atoms with Gasteiger partial charge in [0.2, 0.25) is 0 Å². The minimum absolute atomic E-state index is 0.644. The van der Waals surface area contributed by atoms with Crippen molar-refractivity contribution in [3.05, 3.63) is 182 Å². The fourth-order valence-corrected chi connectivity index (χ4v) is 9.42. The van der Waals surface area contributed by atoms with Crippen molar-refractivity contribution < 1.29 is 8.83 Å². The molecule has 0 aliphatic carbocycles. The SMILES string of the molecule is c1ccc(-c2cc(-c3c4ccccc4cc4oc5c(ccc6c7ccccc7c7ccccc7c65)c34)nc(-c3ccc4oc5c6ccccc6ccc5c4c3)n2)cc1. The second-order valence-electron chi connectivity index (χ2n) is 15.2. The first-order valence-corrected chi connectivity index (χ1v) is 19.6. The molecule has 0 radical (unpaired) electrons. The van der Waals surface area contributed by atoms with Crippen LogP contribution in [0.3, 0.4) is 0 Å². The highest BCUT2D eigenvalue weighted by molar-refractivity contribution is 6.34. The van der Waals surface area contributed by atoms with Gasteiger partial charge in [-0.15, -0.1) is 0 Å². The maximum absolute atomic E-state index is 7.08. The van der Waals surface area contributed by atoms with Crippen LogP contribution in [0.1, 0.15) is 0 Å². The number of rotatable bonds is 3. The summed E-state index contributed by atoms with van der Waals surface area (Å²) in [4.78, 5) is 10.7. The van der Waals surface area contributed by atoms with Crippen LogP contribution in [0.25, 0.3) is 132 Å². The van der Waals surface area contributed by atoms with Crippen molar-refractivity contribution >= 4 is 97.7 Å². The molecule has 268 valence electrons. The average molecular weight is 739 g/mol. The van der Waals surface area contributed by atoms with Crippen LogP contribution in [0.2, 0.25) is 0 Å². The second kappa shape index (κ2) is 11.8. The molecule has 0 atom stereocenters. The molecule has 4 nitrogen and oxygen atoms in total. The molecule has 3 heterocycles. The third-order valence-electron chi connectivity index (χ3n) is 12.0. The largest absolute Gasteiger partial charge is 0.455 e. The molecule has 0 aliphatic heterocycles. The number of furan rings is 2. The number of hydrogen-bond acceptors (Lipinski definition) is 4. The monoisotopic (exact) mass is 738 g/mol. The highest BCUT2D eigenvalue weighted by Crippen LogP contribution is 2.47. The summed E-state index contributed by atoms with van der Waals surface area (Å²) in [5.41, 5.74) is 8.08. The van der Waals surface area contributed by atoms with E-state index >= 15 is 0 Å². The van der Waals surface area contributed by atoms with Crippen molar-refractivity contribution in [2.24, 2.45) is 0 Å². The van der Waals surface area contributed by atoms with Crippen LogP contribution in [0.4, 0.5) is 0 Å². The van der Waals surface area contributed by atoms with Gasteiger partial charge in [-0.25, -0.2) is 9.97 Å². The zero-order chi connectivity index (χ0) is 37.9. The summed E-state index contributed by atoms with van der Waals surface area (Å²) in [6, 6.07) is 64.1. The van der Waals surface area contributed by atoms with E-state index in [-0.39, 0.29) is 0 Å². The van der Waals surface area contributed by atoms with Crippen LogP contribution in [0, 0.1) is 0 Å². The Bertz CT molecular complexity index is 3820. The Balaban J connectivity index is 1.12. The van der Waals surface area contributed by atoms with Gasteiger partial charge in [0.15, 0.2) is 5.82 Å². The fourth-order valence-electron chi connectivity index (χ4n) is 9.42. The van der Waals surface area contributed by atoms with Gasteiger partial charge in [0.1, 0.15) is 22.3 Å². The van der Waals surface area contributed by atoms with Gasteiger partial charge in [-0.05, 0) is 85.6 Å². The van der Waals surface area contributed by atoms with E-state index in [1.165, 1.54) is 26.9 Å². The Hall–Kier alpha value is -7.82. The lowest BCUT2D eigenvalue weighted by Gasteiger charge is -2.13. The Morgan fingerprint density at radius 3 is 1.72 bits per heavy atom. The Labute approximate surface area is 331 Å². The minimum atomic E-state index is 0.644. The van der Waals surface area contributed by atoms with Gasteiger partial charge >= 0.3 is 0 Å². The van der Waals surface area contributed by atoms with Crippen molar-refractivity contribution in [3.8, 4) is 33.9 Å². The highest BCUT2D eigenvalue weighted by atomic mass is 16.3. The van der Waals surface area contributed by atoms with E-state index in [4.69, 9.17) is 18.8 Å². The smallest absolute Gasteiger partial charge is 0.160 e. The summed E-state index contributed by atoms with van der Waals surface area (Å²) in [7, 11) is 0. The van der Waals surface area contributed by atoms with Gasteiger partial charge in [-0.2, -0.15) is 0 Å². The van der Waals surface area contributed by atoms with Crippen molar-refractivity contribution in [1.29, 1.82) is 0 Å². The molecule has 3 aromatic heterocycles. The molecule has 0 fully saturated rings. The summed E-state index contributed by atoms with van der Waals surface area (Å²) in [5, 5.41) is 15.8. The first-order valence-electron chi connectivity index (χ1n) is 19.6. The molecule has 0 spiro atoms. The first kappa shape index (κ1) is 31.4. The minimum Gasteiger partial charge on any atom is -0.455 e. The van der Waals surface area contributed by atoms with E-state index in [0.29, 0.717) is 5.82 Å². The molecule has 4 heteroatoms. The van der Waals surface area contributed by atoms with E-state index in [9.17, 15) is 0 Å². The lowest BCUT2D eigenvalue weighted by Crippen LogP contribution is -1.97. The second-order valence-corrected chi connectivity index (χ2v) is 15.2. The van der Waals surface area contributed by atoms with Crippen molar-refractivity contribution in [2.45, 2.75) is 0 Å². The zero-order valence-electron chi connectivity index (χ0n) is 31.0. The predicted octanol–water partition coefficient (Wildman–Crippen LogP) is 15.0. The van der Waals surface area contributed by atoms with Crippen LogP contribution in [0.5, 0.6) is 0 Å². The van der Waals surface area contributed by atoms with Gasteiger partial charge in [-0.3, -0.25) is 0 Å². The molecule has 10 aromatic carbocycles. The van der Waals surface area contributed by atoms with E-state index in [1.807, 2.05) is 6.07 Å². The summed E-state index contributed by atoms with van der Waals surface area (Å²) >= 11 is 0. The molecule has 0 amide bonds. The van der Waals surface area contributed by atoms with E-state index in [0.717, 1.165) is 98.9 Å². The summed E-state index contributed by atoms with van der Waals surface area (Å²) in [6.45, 7) is 0. The summed E-state index contributed by atoms with van der Waals surface area (Å²) < 4.78 is 13.6. The van der Waals surface area contributed by atoms with Gasteiger partial charge in [0.05, 0.1) is 11.4 Å². The number of aromatic nitrogens is 2. The molecule has 0 N–H and O–H groups in total. The Kier molecular flexibility index (Phi) is 6.41. The predicted molar refractivity (Wildman–Crippen MR) is 240 cm³/mol. The van der Waals surface area contributed by atoms with E-state index in [1.54, 1.807) is 0 Å². The standard InChI is InChI=1S/C54H30N2O2/c1-2-13-32(14-3-1)45-30-46(56-54(55-45)34-23-27-47-44(28-34)42-24-22-31-12-4-7-17-36(31)52(42)57-47)50-35-16-6-5-15-33(35)29-48-51(50)43-26-25-41-39-20-9-8-18-37(39)38-19-10-11-21-40(38)49(41)53(43)58-48/h1-30H. The Morgan fingerprint density at radius 1 is 0.310 bits per heavy atom. The van der Waals surface area contributed by atoms with Crippen molar-refractivity contribution in [3.63, 3.8) is 0 Å². The molecule has 13 aromatic rings. The summed E-state index contributed by atoms with van der Waals surface area (Å²) in [5.74, 6) is 0.644. The van der Waals surface area contributed by atoms with Crippen molar-refractivity contribution in [2.75, 3.05) is 0 Å². The Morgan fingerprint density at radius 2 is 0.914 bits per heavy atom. The van der Waals surface area contributed by atoms with Crippen LogP contribution in [0.15, 0.2) is 191 Å². The van der Waals surface area contributed by atoms with Crippen LogP contribution in [-0.4, -0.2) is 9.97 Å². The topological polar surface area (TPSA) is 52.1 Å². The first-order chi connectivity index (χ1) is 28.7. The maximum atomic E-state index is 7.08. The fraction of sp³-hybridized carbons (Fsp3) is 0. The maximum Gasteiger partial charge on any atom is 0.160 e. The van der Waals surface area contributed by atoms with Crippen LogP contribution < -0.4 is 0 Å². The highest BCUT2D eigenvalue weighted by Gasteiger charge is 2.23. The van der Waals surface area contributed by atoms with Crippen molar-refractivity contribution in [1.82, 2.24) is 9.97 Å². The van der Waals surface area contributed by atoms with Gasteiger partial charge in [-0.1, -0.05) is 140 Å². The summed E-state index contributed by atoms with van der Waals surface area (Å²) in [6.07, 6.45) is 0. The average Bonchev–Trinajstić information content (AvgIpc) is 3.86. The quantitative estimate of drug-likeness (QED) is 0.169. The molecule has 0 saturated carbocycles. The van der Waals surface area contributed by atoms with E-state index in [2.05, 4.69) is 176 Å². The van der Waals surface area contributed by atoms with Gasteiger partial charge in [0, 0.05) is 49.0 Å². The third-order valence-corrected chi connectivity index (χ3v) is 12.0. The zero-order valence-corrected chi connectivity index (χ0v) is 31.0. The number of fused-ring (bicyclic) bond motifs is 16. The lowest BCUT2D eigenvalue weighted by atomic mass is 9.91. The van der Waals surface area contributed by atoms with Crippen LogP contribution in [-0.2, 0) is 0 Å². The molecule has 0 saturated heterocycles. The van der Waals surface area contributed by atoms with Gasteiger partial charge < -0.3 is 8.83 Å². The molecule has 0 unspecified atom stereocenters.